The highest BCUT2D eigenvalue weighted by atomic mass is 16.2. The second kappa shape index (κ2) is 6.62. The van der Waals surface area contributed by atoms with Crippen molar-refractivity contribution >= 4 is 11.9 Å². The van der Waals surface area contributed by atoms with Crippen molar-refractivity contribution in [3.63, 3.8) is 0 Å². The van der Waals surface area contributed by atoms with Gasteiger partial charge in [0.2, 0.25) is 5.91 Å². The zero-order chi connectivity index (χ0) is 15.4. The van der Waals surface area contributed by atoms with E-state index in [-0.39, 0.29) is 17.8 Å². The van der Waals surface area contributed by atoms with Gasteiger partial charge < -0.3 is 0 Å². The summed E-state index contributed by atoms with van der Waals surface area (Å²) in [5.41, 5.74) is 1.56. The summed E-state index contributed by atoms with van der Waals surface area (Å²) in [6, 6.07) is 9.63. The number of rotatable bonds is 3. The maximum absolute atomic E-state index is 12.4. The van der Waals surface area contributed by atoms with Gasteiger partial charge in [0.25, 0.3) is 5.95 Å². The highest BCUT2D eigenvalue weighted by Crippen LogP contribution is 2.26. The number of nitrogens with two attached hydrogens (primary N) is 1. The zero-order valence-corrected chi connectivity index (χ0v) is 12.4. The number of hydrogen-bond donors (Lipinski definition) is 1. The lowest BCUT2D eigenvalue weighted by Gasteiger charge is -2.24. The Balaban J connectivity index is 1.80. The standard InChI is InChI=1S/C16H19N5O/c17-21(15(22)13-9-5-2-6-10-13)16-19-14(11-18-20-16)12-7-3-1-4-8-12/h1,3-4,7-8,11,13H,2,5-6,9-10,17H2. The predicted octanol–water partition coefficient (Wildman–Crippen LogP) is 2.33. The summed E-state index contributed by atoms with van der Waals surface area (Å²) in [6.45, 7) is 0. The Hall–Kier alpha value is -2.34. The molecule has 1 saturated carbocycles. The summed E-state index contributed by atoms with van der Waals surface area (Å²) in [7, 11) is 0. The van der Waals surface area contributed by atoms with Gasteiger partial charge in [-0.25, -0.2) is 15.8 Å². The summed E-state index contributed by atoms with van der Waals surface area (Å²) < 4.78 is 0. The first kappa shape index (κ1) is 14.6. The lowest BCUT2D eigenvalue weighted by molar-refractivity contribution is -0.123. The minimum absolute atomic E-state index is 0.0252. The topological polar surface area (TPSA) is 85.0 Å². The molecule has 6 heteroatoms. The van der Waals surface area contributed by atoms with Crippen molar-refractivity contribution in [3.05, 3.63) is 36.5 Å². The Bertz CT molecular complexity index is 640. The molecular formula is C16H19N5O. The molecule has 0 unspecified atom stereocenters. The molecule has 0 spiro atoms. The van der Waals surface area contributed by atoms with E-state index in [1.54, 1.807) is 6.20 Å². The number of benzene rings is 1. The van der Waals surface area contributed by atoms with Crippen molar-refractivity contribution in [3.8, 4) is 11.3 Å². The minimum atomic E-state index is -0.119. The molecule has 2 N–H and O–H groups in total. The molecule has 1 fully saturated rings. The average Bonchev–Trinajstić information content (AvgIpc) is 2.62. The number of aromatic nitrogens is 3. The van der Waals surface area contributed by atoms with E-state index in [4.69, 9.17) is 5.84 Å². The maximum atomic E-state index is 12.4. The SMILES string of the molecule is NN(C(=O)C1CCCCC1)c1nncc(-c2ccccc2)n1. The van der Waals surface area contributed by atoms with E-state index >= 15 is 0 Å². The molecule has 22 heavy (non-hydrogen) atoms. The Kier molecular flexibility index (Phi) is 4.39. The summed E-state index contributed by atoms with van der Waals surface area (Å²) in [5, 5.41) is 8.87. The Morgan fingerprint density at radius 2 is 1.86 bits per heavy atom. The molecule has 2 aromatic rings. The first-order valence-corrected chi connectivity index (χ1v) is 7.59. The first-order valence-electron chi connectivity index (χ1n) is 7.59. The third kappa shape index (κ3) is 3.12. The fourth-order valence-electron chi connectivity index (χ4n) is 2.79. The summed E-state index contributed by atoms with van der Waals surface area (Å²) in [5.74, 6) is 5.94. The molecular weight excluding hydrogens is 278 g/mol. The Morgan fingerprint density at radius 1 is 1.14 bits per heavy atom. The van der Waals surface area contributed by atoms with E-state index in [1.165, 1.54) is 6.42 Å². The van der Waals surface area contributed by atoms with E-state index < -0.39 is 0 Å². The number of carbonyl (C=O) groups excluding carboxylic acids is 1. The van der Waals surface area contributed by atoms with Crippen LogP contribution in [0.5, 0.6) is 0 Å². The lowest BCUT2D eigenvalue weighted by atomic mass is 9.88. The fourth-order valence-corrected chi connectivity index (χ4v) is 2.79. The monoisotopic (exact) mass is 297 g/mol. The van der Waals surface area contributed by atoms with Crippen LogP contribution >= 0.6 is 0 Å². The van der Waals surface area contributed by atoms with Gasteiger partial charge in [0.15, 0.2) is 0 Å². The van der Waals surface area contributed by atoms with Crippen molar-refractivity contribution in [1.82, 2.24) is 15.2 Å². The first-order chi connectivity index (χ1) is 10.8. The van der Waals surface area contributed by atoms with Gasteiger partial charge in [-0.05, 0) is 12.8 Å². The van der Waals surface area contributed by atoms with Crippen LogP contribution in [-0.2, 0) is 4.79 Å². The number of hydrazine groups is 1. The van der Waals surface area contributed by atoms with Gasteiger partial charge in [-0.15, -0.1) is 5.10 Å². The minimum Gasteiger partial charge on any atom is -0.273 e. The molecule has 0 atom stereocenters. The molecule has 0 saturated heterocycles. The lowest BCUT2D eigenvalue weighted by Crippen LogP contribution is -2.43. The molecule has 0 aliphatic heterocycles. The normalized spacial score (nSPS) is 15.5. The highest BCUT2D eigenvalue weighted by Gasteiger charge is 2.27. The molecule has 1 aromatic heterocycles. The van der Waals surface area contributed by atoms with E-state index in [1.807, 2.05) is 30.3 Å². The molecule has 0 bridgehead atoms. The summed E-state index contributed by atoms with van der Waals surface area (Å²) in [4.78, 5) is 16.8. The van der Waals surface area contributed by atoms with Crippen LogP contribution in [0.4, 0.5) is 5.95 Å². The molecule has 114 valence electrons. The van der Waals surface area contributed by atoms with Gasteiger partial charge in [0, 0.05) is 11.5 Å². The maximum Gasteiger partial charge on any atom is 0.267 e. The zero-order valence-electron chi connectivity index (χ0n) is 12.4. The van der Waals surface area contributed by atoms with Crippen molar-refractivity contribution in [2.45, 2.75) is 32.1 Å². The largest absolute Gasteiger partial charge is 0.273 e. The molecule has 1 aromatic carbocycles. The predicted molar refractivity (Wildman–Crippen MR) is 83.5 cm³/mol. The third-order valence-corrected chi connectivity index (χ3v) is 4.02. The summed E-state index contributed by atoms with van der Waals surface area (Å²) >= 11 is 0. The molecule has 0 radical (unpaired) electrons. The smallest absolute Gasteiger partial charge is 0.267 e. The highest BCUT2D eigenvalue weighted by molar-refractivity contribution is 5.92. The van der Waals surface area contributed by atoms with Gasteiger partial charge in [0.05, 0.1) is 11.9 Å². The van der Waals surface area contributed by atoms with Crippen LogP contribution in [0.25, 0.3) is 11.3 Å². The second-order valence-electron chi connectivity index (χ2n) is 5.55. The van der Waals surface area contributed by atoms with Crippen LogP contribution in [0.1, 0.15) is 32.1 Å². The van der Waals surface area contributed by atoms with E-state index in [0.717, 1.165) is 36.3 Å². The fraction of sp³-hybridized carbons (Fsp3) is 0.375. The van der Waals surface area contributed by atoms with Gasteiger partial charge in [-0.1, -0.05) is 49.6 Å². The van der Waals surface area contributed by atoms with Crippen molar-refractivity contribution < 1.29 is 4.79 Å². The number of hydrogen-bond acceptors (Lipinski definition) is 5. The van der Waals surface area contributed by atoms with Gasteiger partial charge in [-0.3, -0.25) is 4.79 Å². The van der Waals surface area contributed by atoms with Crippen molar-refractivity contribution in [2.75, 3.05) is 5.01 Å². The van der Waals surface area contributed by atoms with Crippen LogP contribution in [-0.4, -0.2) is 21.1 Å². The average molecular weight is 297 g/mol. The number of nitrogens with zero attached hydrogens (tertiary/aromatic N) is 4. The van der Waals surface area contributed by atoms with Gasteiger partial charge in [0.1, 0.15) is 0 Å². The second-order valence-corrected chi connectivity index (χ2v) is 5.55. The molecule has 1 aliphatic rings. The Morgan fingerprint density at radius 3 is 2.59 bits per heavy atom. The molecule has 3 rings (SSSR count). The number of carbonyl (C=O) groups is 1. The van der Waals surface area contributed by atoms with E-state index in [9.17, 15) is 4.79 Å². The molecule has 1 heterocycles. The van der Waals surface area contributed by atoms with Crippen LogP contribution in [0, 0.1) is 5.92 Å². The quantitative estimate of drug-likeness (QED) is 0.534. The van der Waals surface area contributed by atoms with Crippen LogP contribution in [0.2, 0.25) is 0 Å². The number of amides is 1. The molecule has 1 aliphatic carbocycles. The Labute approximate surface area is 129 Å². The molecule has 1 amide bonds. The van der Waals surface area contributed by atoms with Crippen LogP contribution in [0.3, 0.4) is 0 Å². The van der Waals surface area contributed by atoms with E-state index in [2.05, 4.69) is 15.2 Å². The number of anilines is 1. The van der Waals surface area contributed by atoms with E-state index in [0.29, 0.717) is 5.69 Å². The van der Waals surface area contributed by atoms with Crippen LogP contribution < -0.4 is 10.9 Å². The summed E-state index contributed by atoms with van der Waals surface area (Å²) in [6.07, 6.45) is 6.69. The third-order valence-electron chi connectivity index (χ3n) is 4.02. The van der Waals surface area contributed by atoms with Gasteiger partial charge >= 0.3 is 0 Å². The van der Waals surface area contributed by atoms with Crippen LogP contribution in [0.15, 0.2) is 36.5 Å². The van der Waals surface area contributed by atoms with Crippen molar-refractivity contribution in [1.29, 1.82) is 0 Å². The molecule has 6 nitrogen and oxygen atoms in total. The van der Waals surface area contributed by atoms with Gasteiger partial charge in [-0.2, -0.15) is 5.10 Å². The van der Waals surface area contributed by atoms with Crippen molar-refractivity contribution in [2.24, 2.45) is 11.8 Å².